The second-order valence-corrected chi connectivity index (χ2v) is 7.26. The number of nitrogens with zero attached hydrogens (tertiary/aromatic N) is 4. The summed E-state index contributed by atoms with van der Waals surface area (Å²) in [5, 5.41) is 11.8. The van der Waals surface area contributed by atoms with E-state index < -0.39 is 6.04 Å². The number of benzene rings is 1. The van der Waals surface area contributed by atoms with Crippen LogP contribution in [0.25, 0.3) is 11.4 Å². The van der Waals surface area contributed by atoms with Crippen molar-refractivity contribution in [3.63, 3.8) is 0 Å². The minimum absolute atomic E-state index is 0.0697. The van der Waals surface area contributed by atoms with Crippen LogP contribution in [0.5, 0.6) is 0 Å². The summed E-state index contributed by atoms with van der Waals surface area (Å²) in [6.07, 6.45) is 3.88. The van der Waals surface area contributed by atoms with Gasteiger partial charge in [-0.3, -0.25) is 14.6 Å². The van der Waals surface area contributed by atoms with Gasteiger partial charge >= 0.3 is 0 Å². The summed E-state index contributed by atoms with van der Waals surface area (Å²) >= 11 is 1.28. The Morgan fingerprint density at radius 2 is 1.93 bits per heavy atom. The molecule has 2 aromatic heterocycles. The van der Waals surface area contributed by atoms with E-state index in [9.17, 15) is 9.59 Å². The Balaban J connectivity index is 1.59. The van der Waals surface area contributed by atoms with Crippen molar-refractivity contribution in [3.8, 4) is 11.4 Å². The molecule has 0 spiro atoms. The van der Waals surface area contributed by atoms with Crippen molar-refractivity contribution in [3.05, 3.63) is 60.4 Å². The largest absolute Gasteiger partial charge is 0.345 e. The highest BCUT2D eigenvalue weighted by Gasteiger charge is 2.19. The lowest BCUT2D eigenvalue weighted by Crippen LogP contribution is -2.42. The number of amides is 1. The highest BCUT2D eigenvalue weighted by atomic mass is 32.2. The molecule has 0 unspecified atom stereocenters. The van der Waals surface area contributed by atoms with E-state index in [-0.39, 0.29) is 17.4 Å². The van der Waals surface area contributed by atoms with Crippen molar-refractivity contribution in [2.75, 3.05) is 5.75 Å². The second kappa shape index (κ2) is 9.27. The van der Waals surface area contributed by atoms with Crippen molar-refractivity contribution >= 4 is 23.5 Å². The molecule has 0 aliphatic carbocycles. The molecule has 0 bridgehead atoms. The summed E-state index contributed by atoms with van der Waals surface area (Å²) in [5.74, 6) is 0.547. The van der Waals surface area contributed by atoms with Crippen LogP contribution >= 0.6 is 11.8 Å². The lowest BCUT2D eigenvalue weighted by molar-refractivity contribution is -0.125. The number of carbonyl (C=O) groups excluding carboxylic acids is 2. The first-order chi connectivity index (χ1) is 13.5. The Labute approximate surface area is 167 Å². The Morgan fingerprint density at radius 3 is 2.61 bits per heavy atom. The molecule has 0 saturated heterocycles. The average molecular weight is 395 g/mol. The maximum atomic E-state index is 12.4. The fourth-order valence-corrected chi connectivity index (χ4v) is 3.42. The highest BCUT2D eigenvalue weighted by Crippen LogP contribution is 2.21. The van der Waals surface area contributed by atoms with E-state index in [1.807, 2.05) is 54.1 Å². The fourth-order valence-electron chi connectivity index (χ4n) is 2.70. The number of ketones is 1. The molecule has 0 saturated carbocycles. The lowest BCUT2D eigenvalue weighted by Gasteiger charge is -2.16. The molecule has 28 heavy (non-hydrogen) atoms. The van der Waals surface area contributed by atoms with Gasteiger partial charge in [-0.15, -0.1) is 10.2 Å². The van der Waals surface area contributed by atoms with Crippen LogP contribution in [0, 0.1) is 0 Å². The van der Waals surface area contributed by atoms with Gasteiger partial charge in [-0.05, 0) is 31.0 Å². The summed E-state index contributed by atoms with van der Waals surface area (Å²) in [4.78, 5) is 28.4. The molecule has 1 atom stereocenters. The van der Waals surface area contributed by atoms with Gasteiger partial charge in [0.1, 0.15) is 0 Å². The third-order valence-electron chi connectivity index (χ3n) is 4.20. The van der Waals surface area contributed by atoms with Gasteiger partial charge in [0.2, 0.25) is 5.91 Å². The molecule has 2 heterocycles. The van der Waals surface area contributed by atoms with E-state index in [2.05, 4.69) is 20.5 Å². The molecular weight excluding hydrogens is 374 g/mol. The van der Waals surface area contributed by atoms with Crippen LogP contribution in [-0.2, 0) is 23.1 Å². The summed E-state index contributed by atoms with van der Waals surface area (Å²) in [7, 11) is 1.84. The molecular formula is C20H21N5O2S. The molecule has 3 aromatic rings. The van der Waals surface area contributed by atoms with E-state index in [0.717, 1.165) is 11.1 Å². The van der Waals surface area contributed by atoms with Crippen molar-refractivity contribution in [1.82, 2.24) is 25.1 Å². The minimum atomic E-state index is -0.541. The maximum Gasteiger partial charge on any atom is 0.231 e. The summed E-state index contributed by atoms with van der Waals surface area (Å²) in [6.45, 7) is 1.49. The van der Waals surface area contributed by atoms with Gasteiger partial charge in [-0.1, -0.05) is 42.1 Å². The van der Waals surface area contributed by atoms with Crippen molar-refractivity contribution < 1.29 is 9.59 Å². The van der Waals surface area contributed by atoms with Gasteiger partial charge in [-0.25, -0.2) is 0 Å². The molecule has 0 fully saturated rings. The van der Waals surface area contributed by atoms with Gasteiger partial charge in [0.15, 0.2) is 16.8 Å². The van der Waals surface area contributed by atoms with E-state index in [1.54, 1.807) is 12.4 Å². The standard InChI is InChI=1S/C20H21N5O2S/c1-14(26)17(11-15-7-4-3-5-8-15)22-18(27)13-28-20-24-23-19(25(20)2)16-9-6-10-21-12-16/h3-10,12,17H,11,13H2,1-2H3,(H,22,27)/t17-/m1/s1. The van der Waals surface area contributed by atoms with Gasteiger partial charge in [-0.2, -0.15) is 0 Å². The van der Waals surface area contributed by atoms with Crippen molar-refractivity contribution in [1.29, 1.82) is 0 Å². The van der Waals surface area contributed by atoms with Crippen LogP contribution in [-0.4, -0.2) is 43.2 Å². The first-order valence-electron chi connectivity index (χ1n) is 8.81. The minimum Gasteiger partial charge on any atom is -0.345 e. The third kappa shape index (κ3) is 5.04. The predicted octanol–water partition coefficient (Wildman–Crippen LogP) is 2.29. The van der Waals surface area contributed by atoms with E-state index in [4.69, 9.17) is 0 Å². The molecule has 1 aromatic carbocycles. The smallest absolute Gasteiger partial charge is 0.231 e. The van der Waals surface area contributed by atoms with Crippen LogP contribution in [0.2, 0.25) is 0 Å². The Kier molecular flexibility index (Phi) is 6.54. The number of nitrogens with one attached hydrogen (secondary N) is 1. The van der Waals surface area contributed by atoms with E-state index in [0.29, 0.717) is 17.4 Å². The van der Waals surface area contributed by atoms with Crippen LogP contribution < -0.4 is 5.32 Å². The Hall–Kier alpha value is -3.00. The number of pyridine rings is 1. The van der Waals surface area contributed by atoms with Crippen molar-refractivity contribution in [2.45, 2.75) is 24.5 Å². The topological polar surface area (TPSA) is 89.8 Å². The normalized spacial score (nSPS) is 11.8. The van der Waals surface area contributed by atoms with Gasteiger partial charge in [0, 0.05) is 25.0 Å². The summed E-state index contributed by atoms with van der Waals surface area (Å²) in [6, 6.07) is 12.8. The Bertz CT molecular complexity index is 944. The summed E-state index contributed by atoms with van der Waals surface area (Å²) in [5.41, 5.74) is 1.86. The quantitative estimate of drug-likeness (QED) is 0.589. The van der Waals surface area contributed by atoms with Gasteiger partial charge in [0.05, 0.1) is 11.8 Å². The number of aromatic nitrogens is 4. The zero-order chi connectivity index (χ0) is 19.9. The van der Waals surface area contributed by atoms with E-state index in [1.165, 1.54) is 18.7 Å². The molecule has 3 rings (SSSR count). The monoisotopic (exact) mass is 395 g/mol. The number of carbonyl (C=O) groups is 2. The number of Topliss-reactive ketones (excluding diaryl/α,β-unsaturated/α-hetero) is 1. The van der Waals surface area contributed by atoms with Crippen LogP contribution in [0.3, 0.4) is 0 Å². The number of hydrogen-bond acceptors (Lipinski definition) is 6. The first kappa shape index (κ1) is 19.8. The number of thioether (sulfide) groups is 1. The SMILES string of the molecule is CC(=O)[C@@H](Cc1ccccc1)NC(=O)CSc1nnc(-c2cccnc2)n1C. The number of rotatable bonds is 8. The molecule has 0 aliphatic rings. The van der Waals surface area contributed by atoms with E-state index >= 15 is 0 Å². The molecule has 8 heteroatoms. The van der Waals surface area contributed by atoms with Gasteiger partial charge < -0.3 is 9.88 Å². The third-order valence-corrected chi connectivity index (χ3v) is 5.22. The fraction of sp³-hybridized carbons (Fsp3) is 0.250. The zero-order valence-corrected chi connectivity index (χ0v) is 16.5. The molecule has 1 amide bonds. The first-order valence-corrected chi connectivity index (χ1v) is 9.79. The van der Waals surface area contributed by atoms with Gasteiger partial charge in [0.25, 0.3) is 0 Å². The predicted molar refractivity (Wildman–Crippen MR) is 108 cm³/mol. The molecule has 7 nitrogen and oxygen atoms in total. The zero-order valence-electron chi connectivity index (χ0n) is 15.7. The van der Waals surface area contributed by atoms with Crippen LogP contribution in [0.1, 0.15) is 12.5 Å². The maximum absolute atomic E-state index is 12.4. The molecule has 1 N–H and O–H groups in total. The van der Waals surface area contributed by atoms with Crippen molar-refractivity contribution in [2.24, 2.45) is 7.05 Å². The Morgan fingerprint density at radius 1 is 1.14 bits per heavy atom. The second-order valence-electron chi connectivity index (χ2n) is 6.32. The highest BCUT2D eigenvalue weighted by molar-refractivity contribution is 7.99. The molecule has 0 aliphatic heterocycles. The summed E-state index contributed by atoms with van der Waals surface area (Å²) < 4.78 is 1.82. The molecule has 0 radical (unpaired) electrons. The average Bonchev–Trinajstić information content (AvgIpc) is 3.07. The number of hydrogen-bond donors (Lipinski definition) is 1. The van der Waals surface area contributed by atoms with Crippen LogP contribution in [0.4, 0.5) is 0 Å². The molecule has 144 valence electrons. The van der Waals surface area contributed by atoms with Crippen LogP contribution in [0.15, 0.2) is 60.0 Å². The lowest BCUT2D eigenvalue weighted by atomic mass is 10.0.